The van der Waals surface area contributed by atoms with E-state index in [0.29, 0.717) is 17.9 Å². The molecule has 0 unspecified atom stereocenters. The molecule has 2 aliphatic rings. The summed E-state index contributed by atoms with van der Waals surface area (Å²) in [5.41, 5.74) is 0.906. The molecule has 5 nitrogen and oxygen atoms in total. The van der Waals surface area contributed by atoms with Crippen molar-refractivity contribution in [2.45, 2.75) is 25.7 Å². The van der Waals surface area contributed by atoms with Crippen LogP contribution < -0.4 is 10.6 Å². The van der Waals surface area contributed by atoms with Crippen molar-refractivity contribution >= 4 is 23.3 Å². The van der Waals surface area contributed by atoms with Crippen molar-refractivity contribution in [1.82, 2.24) is 0 Å². The zero-order valence-electron chi connectivity index (χ0n) is 10.5. The fraction of sp³-hybridized carbons (Fsp3) is 0.429. The number of hydrogen-bond donors (Lipinski definition) is 3. The number of nitrogens with one attached hydrogen (secondary N) is 2. The van der Waals surface area contributed by atoms with E-state index in [-0.39, 0.29) is 16.9 Å². The Morgan fingerprint density at radius 3 is 2.68 bits per heavy atom. The van der Waals surface area contributed by atoms with Crippen LogP contribution in [0.5, 0.6) is 0 Å². The number of anilines is 2. The molecule has 1 aromatic carbocycles. The second-order valence-electron chi connectivity index (χ2n) is 5.33. The van der Waals surface area contributed by atoms with Crippen LogP contribution in [0.4, 0.5) is 11.4 Å². The predicted octanol–water partition coefficient (Wildman–Crippen LogP) is 2.31. The minimum atomic E-state index is -0.985. The third kappa shape index (κ3) is 1.85. The van der Waals surface area contributed by atoms with Crippen LogP contribution in [0.2, 0.25) is 0 Å². The molecule has 100 valence electrons. The van der Waals surface area contributed by atoms with E-state index in [1.54, 1.807) is 18.2 Å². The normalized spacial score (nSPS) is 20.3. The lowest BCUT2D eigenvalue weighted by atomic mass is 9.85. The van der Waals surface area contributed by atoms with Crippen molar-refractivity contribution in [3.8, 4) is 0 Å². The van der Waals surface area contributed by atoms with E-state index in [2.05, 4.69) is 10.6 Å². The van der Waals surface area contributed by atoms with Crippen LogP contribution in [-0.4, -0.2) is 23.5 Å². The molecule has 1 aliphatic heterocycles. The molecule has 0 atom stereocenters. The van der Waals surface area contributed by atoms with Gasteiger partial charge in [0, 0.05) is 6.54 Å². The lowest BCUT2D eigenvalue weighted by Gasteiger charge is -2.24. The number of para-hydroxylation sites is 1. The summed E-state index contributed by atoms with van der Waals surface area (Å²) in [6.07, 6.45) is 3.83. The molecule has 3 rings (SSSR count). The fourth-order valence-corrected chi connectivity index (χ4v) is 3.07. The summed E-state index contributed by atoms with van der Waals surface area (Å²) in [4.78, 5) is 23.6. The fourth-order valence-electron chi connectivity index (χ4n) is 3.07. The van der Waals surface area contributed by atoms with Crippen LogP contribution in [0.25, 0.3) is 0 Å². The summed E-state index contributed by atoms with van der Waals surface area (Å²) in [7, 11) is 0. The topological polar surface area (TPSA) is 78.4 Å². The van der Waals surface area contributed by atoms with E-state index in [4.69, 9.17) is 0 Å². The van der Waals surface area contributed by atoms with Gasteiger partial charge in [-0.05, 0) is 25.0 Å². The minimum Gasteiger partial charge on any atom is -0.478 e. The van der Waals surface area contributed by atoms with Crippen molar-refractivity contribution < 1.29 is 14.7 Å². The van der Waals surface area contributed by atoms with Crippen LogP contribution >= 0.6 is 0 Å². The molecule has 0 aromatic heterocycles. The highest BCUT2D eigenvalue weighted by atomic mass is 16.4. The molecule has 0 radical (unpaired) electrons. The quantitative estimate of drug-likeness (QED) is 0.724. The third-order valence-electron chi connectivity index (χ3n) is 4.19. The number of carbonyl (C=O) groups is 2. The predicted molar refractivity (Wildman–Crippen MR) is 71.4 cm³/mol. The Balaban J connectivity index is 2.01. The first-order valence-corrected chi connectivity index (χ1v) is 6.54. The molecule has 1 heterocycles. The average molecular weight is 260 g/mol. The Bertz CT molecular complexity index is 548. The summed E-state index contributed by atoms with van der Waals surface area (Å²) in [6, 6.07) is 4.94. The van der Waals surface area contributed by atoms with E-state index in [9.17, 15) is 14.7 Å². The van der Waals surface area contributed by atoms with Gasteiger partial charge in [-0.3, -0.25) is 4.79 Å². The smallest absolute Gasteiger partial charge is 0.337 e. The summed E-state index contributed by atoms with van der Waals surface area (Å²) >= 11 is 0. The summed E-state index contributed by atoms with van der Waals surface area (Å²) in [5.74, 6) is -0.972. The van der Waals surface area contributed by atoms with E-state index in [1.807, 2.05) is 0 Å². The molecule has 1 aliphatic carbocycles. The van der Waals surface area contributed by atoms with Gasteiger partial charge in [-0.2, -0.15) is 0 Å². The molecule has 0 bridgehead atoms. The van der Waals surface area contributed by atoms with Gasteiger partial charge in [-0.1, -0.05) is 18.9 Å². The zero-order valence-corrected chi connectivity index (χ0v) is 10.5. The molecule has 1 amide bonds. The highest BCUT2D eigenvalue weighted by Crippen LogP contribution is 2.42. The molecule has 1 aromatic rings. The molecular weight excluding hydrogens is 244 g/mol. The van der Waals surface area contributed by atoms with Gasteiger partial charge in [0.15, 0.2) is 0 Å². The van der Waals surface area contributed by atoms with Crippen molar-refractivity contribution in [3.05, 3.63) is 23.8 Å². The summed E-state index contributed by atoms with van der Waals surface area (Å²) < 4.78 is 0. The molecule has 3 N–H and O–H groups in total. The maximum atomic E-state index is 12.4. The van der Waals surface area contributed by atoms with Crippen LogP contribution in [-0.2, 0) is 4.79 Å². The number of carboxylic acids is 1. The number of rotatable bonds is 1. The highest BCUT2D eigenvalue weighted by molar-refractivity contribution is 6.05. The number of hydrogen-bond acceptors (Lipinski definition) is 3. The number of amides is 1. The molecular formula is C14H16N2O3. The van der Waals surface area contributed by atoms with Gasteiger partial charge >= 0.3 is 5.97 Å². The Kier molecular flexibility index (Phi) is 2.69. The average Bonchev–Trinajstić information content (AvgIpc) is 2.81. The van der Waals surface area contributed by atoms with Crippen LogP contribution in [0.1, 0.15) is 36.0 Å². The largest absolute Gasteiger partial charge is 0.478 e. The van der Waals surface area contributed by atoms with Gasteiger partial charge in [0.1, 0.15) is 0 Å². The summed E-state index contributed by atoms with van der Waals surface area (Å²) in [6.45, 7) is 0.510. The second-order valence-corrected chi connectivity index (χ2v) is 5.33. The SMILES string of the molecule is O=C(O)c1cccc2c1NCC1(CCCC1)C(=O)N2. The van der Waals surface area contributed by atoms with E-state index in [0.717, 1.165) is 25.7 Å². The number of aromatic carboxylic acids is 1. The van der Waals surface area contributed by atoms with E-state index >= 15 is 0 Å². The first kappa shape index (κ1) is 12.0. The van der Waals surface area contributed by atoms with Crippen LogP contribution in [0.3, 0.4) is 0 Å². The summed E-state index contributed by atoms with van der Waals surface area (Å²) in [5, 5.41) is 15.3. The maximum Gasteiger partial charge on any atom is 0.337 e. The Labute approximate surface area is 111 Å². The van der Waals surface area contributed by atoms with Gasteiger partial charge < -0.3 is 15.7 Å². The lowest BCUT2D eigenvalue weighted by Crippen LogP contribution is -2.37. The molecule has 1 fully saturated rings. The molecule has 1 saturated carbocycles. The van der Waals surface area contributed by atoms with Gasteiger partial charge in [-0.25, -0.2) is 4.79 Å². The van der Waals surface area contributed by atoms with Crippen molar-refractivity contribution in [2.75, 3.05) is 17.2 Å². The minimum absolute atomic E-state index is 0.0128. The Morgan fingerprint density at radius 2 is 2.00 bits per heavy atom. The number of carbonyl (C=O) groups excluding carboxylic acids is 1. The standard InChI is InChI=1S/C14H16N2O3/c17-12(18)9-4-3-5-10-11(9)15-8-14(13(19)16-10)6-1-2-7-14/h3-5,15H,1-2,6-8H2,(H,16,19)(H,17,18). The van der Waals surface area contributed by atoms with Crippen molar-refractivity contribution in [2.24, 2.45) is 5.41 Å². The van der Waals surface area contributed by atoms with Gasteiger partial charge in [0.05, 0.1) is 22.4 Å². The van der Waals surface area contributed by atoms with Crippen molar-refractivity contribution in [3.63, 3.8) is 0 Å². The van der Waals surface area contributed by atoms with Crippen molar-refractivity contribution in [1.29, 1.82) is 0 Å². The third-order valence-corrected chi connectivity index (χ3v) is 4.19. The number of fused-ring (bicyclic) bond motifs is 1. The molecule has 19 heavy (non-hydrogen) atoms. The van der Waals surface area contributed by atoms with Crippen LogP contribution in [0, 0.1) is 5.41 Å². The Hall–Kier alpha value is -2.04. The number of benzene rings is 1. The Morgan fingerprint density at radius 1 is 1.26 bits per heavy atom. The van der Waals surface area contributed by atoms with Gasteiger partial charge in [0.25, 0.3) is 0 Å². The monoisotopic (exact) mass is 260 g/mol. The lowest BCUT2D eigenvalue weighted by molar-refractivity contribution is -0.124. The second kappa shape index (κ2) is 4.26. The number of carboxylic acid groups (broad SMARTS) is 1. The van der Waals surface area contributed by atoms with E-state index in [1.165, 1.54) is 0 Å². The van der Waals surface area contributed by atoms with Gasteiger partial charge in [0.2, 0.25) is 5.91 Å². The molecule has 1 spiro atoms. The van der Waals surface area contributed by atoms with Crippen LogP contribution in [0.15, 0.2) is 18.2 Å². The highest BCUT2D eigenvalue weighted by Gasteiger charge is 2.43. The first-order valence-electron chi connectivity index (χ1n) is 6.54. The molecule has 0 saturated heterocycles. The zero-order chi connectivity index (χ0) is 13.5. The van der Waals surface area contributed by atoms with Gasteiger partial charge in [-0.15, -0.1) is 0 Å². The maximum absolute atomic E-state index is 12.4. The molecule has 5 heteroatoms. The van der Waals surface area contributed by atoms with E-state index < -0.39 is 5.97 Å². The first-order chi connectivity index (χ1) is 9.12.